The molecule has 0 spiro atoms. The van der Waals surface area contributed by atoms with Gasteiger partial charge in [0.25, 0.3) is 0 Å². The number of hydrogen-bond donors (Lipinski definition) is 1. The maximum atomic E-state index is 12.7. The number of hydrogen-bond acceptors (Lipinski definition) is 3. The van der Waals surface area contributed by atoms with Crippen LogP contribution in [0.4, 0.5) is 10.1 Å². The zero-order valence-electron chi connectivity index (χ0n) is 10.1. The van der Waals surface area contributed by atoms with E-state index in [-0.39, 0.29) is 11.6 Å². The van der Waals surface area contributed by atoms with Crippen molar-refractivity contribution in [1.29, 1.82) is 0 Å². The second-order valence-electron chi connectivity index (χ2n) is 4.02. The van der Waals surface area contributed by atoms with E-state index in [9.17, 15) is 9.18 Å². The predicted octanol–water partition coefficient (Wildman–Crippen LogP) is 3.41. The second-order valence-corrected chi connectivity index (χ2v) is 4.02. The smallest absolute Gasteiger partial charge is 0.199 e. The van der Waals surface area contributed by atoms with Gasteiger partial charge in [-0.15, -0.1) is 0 Å². The summed E-state index contributed by atoms with van der Waals surface area (Å²) in [5.74, 6) is 0.790. The molecular formula is C14H14FNO2. The molecule has 3 nitrogen and oxygen atoms in total. The number of benzene rings is 1. The van der Waals surface area contributed by atoms with E-state index in [0.717, 1.165) is 11.4 Å². The summed E-state index contributed by atoms with van der Waals surface area (Å²) < 4.78 is 17.9. The van der Waals surface area contributed by atoms with Crippen LogP contribution in [-0.4, -0.2) is 12.3 Å². The Morgan fingerprint density at radius 2 is 1.94 bits per heavy atom. The van der Waals surface area contributed by atoms with Crippen molar-refractivity contribution in [2.24, 2.45) is 0 Å². The van der Waals surface area contributed by atoms with Crippen molar-refractivity contribution < 1.29 is 13.6 Å². The minimum absolute atomic E-state index is 0.0438. The number of Topliss-reactive ketones (excluding diaryl/α,β-unsaturated/α-hetero) is 1. The van der Waals surface area contributed by atoms with Crippen molar-refractivity contribution in [2.75, 3.05) is 11.9 Å². The lowest BCUT2D eigenvalue weighted by atomic mass is 10.2. The predicted molar refractivity (Wildman–Crippen MR) is 67.3 cm³/mol. The number of halogens is 1. The SMILES string of the molecule is Cc1ccc(C(=O)CCNc2ccc(F)cc2)o1. The summed E-state index contributed by atoms with van der Waals surface area (Å²) in [7, 11) is 0. The molecule has 0 bridgehead atoms. The Bertz CT molecular complexity index is 531. The number of aryl methyl sites for hydroxylation is 1. The normalized spacial score (nSPS) is 10.3. The highest BCUT2D eigenvalue weighted by molar-refractivity contribution is 5.93. The van der Waals surface area contributed by atoms with Crippen LogP contribution in [0.5, 0.6) is 0 Å². The van der Waals surface area contributed by atoms with Crippen LogP contribution in [-0.2, 0) is 0 Å². The van der Waals surface area contributed by atoms with E-state index in [2.05, 4.69) is 5.32 Å². The van der Waals surface area contributed by atoms with Crippen LogP contribution in [0, 0.1) is 12.7 Å². The Kier molecular flexibility index (Phi) is 3.77. The van der Waals surface area contributed by atoms with Gasteiger partial charge in [0.2, 0.25) is 0 Å². The summed E-state index contributed by atoms with van der Waals surface area (Å²) in [5.41, 5.74) is 0.792. The maximum absolute atomic E-state index is 12.7. The van der Waals surface area contributed by atoms with Crippen LogP contribution in [0.2, 0.25) is 0 Å². The molecule has 0 aliphatic heterocycles. The number of furan rings is 1. The Labute approximate surface area is 105 Å². The van der Waals surface area contributed by atoms with Gasteiger partial charge in [-0.2, -0.15) is 0 Å². The number of ketones is 1. The van der Waals surface area contributed by atoms with Crippen LogP contribution in [0.3, 0.4) is 0 Å². The number of carbonyl (C=O) groups is 1. The first-order valence-electron chi connectivity index (χ1n) is 5.74. The standard InChI is InChI=1S/C14H14FNO2/c1-10-2-7-14(18-10)13(17)8-9-16-12-5-3-11(15)4-6-12/h2-7,16H,8-9H2,1H3. The molecule has 1 N–H and O–H groups in total. The average Bonchev–Trinajstić information content (AvgIpc) is 2.78. The van der Waals surface area contributed by atoms with Crippen molar-refractivity contribution in [2.45, 2.75) is 13.3 Å². The lowest BCUT2D eigenvalue weighted by Crippen LogP contribution is -2.08. The first-order valence-corrected chi connectivity index (χ1v) is 5.74. The van der Waals surface area contributed by atoms with Crippen molar-refractivity contribution in [3.05, 3.63) is 53.7 Å². The quantitative estimate of drug-likeness (QED) is 0.823. The molecule has 1 aromatic carbocycles. The first-order chi connectivity index (χ1) is 8.65. The average molecular weight is 247 g/mol. The van der Waals surface area contributed by atoms with Gasteiger partial charge in [-0.05, 0) is 43.3 Å². The van der Waals surface area contributed by atoms with Gasteiger partial charge in [0, 0.05) is 18.7 Å². The van der Waals surface area contributed by atoms with Crippen LogP contribution >= 0.6 is 0 Å². The van der Waals surface area contributed by atoms with Crippen LogP contribution in [0.15, 0.2) is 40.8 Å². The maximum Gasteiger partial charge on any atom is 0.199 e. The van der Waals surface area contributed by atoms with Crippen LogP contribution < -0.4 is 5.32 Å². The Morgan fingerprint density at radius 3 is 2.56 bits per heavy atom. The molecule has 0 amide bonds. The monoisotopic (exact) mass is 247 g/mol. The van der Waals surface area contributed by atoms with E-state index in [1.165, 1.54) is 12.1 Å². The molecule has 0 radical (unpaired) electrons. The number of anilines is 1. The number of rotatable bonds is 5. The van der Waals surface area contributed by atoms with E-state index in [1.54, 1.807) is 31.2 Å². The molecule has 0 saturated heterocycles. The minimum Gasteiger partial charge on any atom is -0.458 e. The Hall–Kier alpha value is -2.10. The van der Waals surface area contributed by atoms with Crippen LogP contribution in [0.25, 0.3) is 0 Å². The Balaban J connectivity index is 1.82. The second kappa shape index (κ2) is 5.49. The van der Waals surface area contributed by atoms with Gasteiger partial charge in [-0.1, -0.05) is 0 Å². The molecule has 4 heteroatoms. The first kappa shape index (κ1) is 12.4. The van der Waals surface area contributed by atoms with E-state index >= 15 is 0 Å². The Morgan fingerprint density at radius 1 is 1.22 bits per heavy atom. The third-order valence-electron chi connectivity index (χ3n) is 2.54. The van der Waals surface area contributed by atoms with E-state index < -0.39 is 0 Å². The van der Waals surface area contributed by atoms with E-state index in [0.29, 0.717) is 18.7 Å². The molecule has 0 aliphatic rings. The number of nitrogens with one attached hydrogen (secondary N) is 1. The largest absolute Gasteiger partial charge is 0.458 e. The lowest BCUT2D eigenvalue weighted by molar-refractivity contribution is 0.0958. The molecule has 2 aromatic rings. The topological polar surface area (TPSA) is 42.2 Å². The summed E-state index contributed by atoms with van der Waals surface area (Å²) in [6.07, 6.45) is 0.338. The minimum atomic E-state index is -0.275. The highest BCUT2D eigenvalue weighted by atomic mass is 19.1. The lowest BCUT2D eigenvalue weighted by Gasteiger charge is -2.04. The van der Waals surface area contributed by atoms with Gasteiger partial charge >= 0.3 is 0 Å². The van der Waals surface area contributed by atoms with E-state index in [4.69, 9.17) is 4.42 Å². The summed E-state index contributed by atoms with van der Waals surface area (Å²) in [4.78, 5) is 11.7. The molecular weight excluding hydrogens is 233 g/mol. The fraction of sp³-hybridized carbons (Fsp3) is 0.214. The van der Waals surface area contributed by atoms with E-state index in [1.807, 2.05) is 0 Å². The highest BCUT2D eigenvalue weighted by Crippen LogP contribution is 2.11. The highest BCUT2D eigenvalue weighted by Gasteiger charge is 2.09. The summed E-state index contributed by atoms with van der Waals surface area (Å²) in [5, 5.41) is 3.05. The van der Waals surface area contributed by atoms with Crippen LogP contribution in [0.1, 0.15) is 22.7 Å². The molecule has 0 unspecified atom stereocenters. The molecule has 0 aliphatic carbocycles. The summed E-state index contributed by atoms with van der Waals surface area (Å²) in [6.45, 7) is 2.29. The molecule has 0 atom stereocenters. The molecule has 0 fully saturated rings. The third kappa shape index (κ3) is 3.20. The van der Waals surface area contributed by atoms with Gasteiger partial charge in [-0.3, -0.25) is 4.79 Å². The zero-order chi connectivity index (χ0) is 13.0. The van der Waals surface area contributed by atoms with Gasteiger partial charge in [0.1, 0.15) is 11.6 Å². The molecule has 0 saturated carbocycles. The fourth-order valence-electron chi connectivity index (χ4n) is 1.60. The van der Waals surface area contributed by atoms with Crippen molar-refractivity contribution in [3.63, 3.8) is 0 Å². The molecule has 2 rings (SSSR count). The van der Waals surface area contributed by atoms with Crippen molar-refractivity contribution in [1.82, 2.24) is 0 Å². The summed E-state index contributed by atoms with van der Waals surface area (Å²) >= 11 is 0. The molecule has 1 heterocycles. The van der Waals surface area contributed by atoms with Crippen molar-refractivity contribution in [3.8, 4) is 0 Å². The van der Waals surface area contributed by atoms with Crippen molar-refractivity contribution >= 4 is 11.5 Å². The zero-order valence-corrected chi connectivity index (χ0v) is 10.1. The molecule has 18 heavy (non-hydrogen) atoms. The third-order valence-corrected chi connectivity index (χ3v) is 2.54. The molecule has 94 valence electrons. The number of carbonyl (C=O) groups excluding carboxylic acids is 1. The summed E-state index contributed by atoms with van der Waals surface area (Å²) in [6, 6.07) is 9.46. The fourth-order valence-corrected chi connectivity index (χ4v) is 1.60. The van der Waals surface area contributed by atoms with Gasteiger partial charge < -0.3 is 9.73 Å². The van der Waals surface area contributed by atoms with Gasteiger partial charge in [-0.25, -0.2) is 4.39 Å². The van der Waals surface area contributed by atoms with Gasteiger partial charge in [0.15, 0.2) is 11.5 Å². The van der Waals surface area contributed by atoms with Gasteiger partial charge in [0.05, 0.1) is 0 Å². The molecule has 1 aromatic heterocycles.